The number of amidine groups is 1. The van der Waals surface area contributed by atoms with Gasteiger partial charge in [0.25, 0.3) is 5.91 Å². The van der Waals surface area contributed by atoms with E-state index in [1.165, 1.54) is 11.8 Å². The monoisotopic (exact) mass is 472 g/mol. The molecule has 29 heavy (non-hydrogen) atoms. The number of anilines is 1. The van der Waals surface area contributed by atoms with Crippen molar-refractivity contribution in [1.29, 1.82) is 0 Å². The van der Waals surface area contributed by atoms with Gasteiger partial charge in [-0.1, -0.05) is 27.7 Å². The molecule has 148 valence electrons. The third-order valence-electron chi connectivity index (χ3n) is 4.48. The fraction of sp³-hybridized carbons (Fsp3) is 0.150. The first-order chi connectivity index (χ1) is 14.1. The summed E-state index contributed by atoms with van der Waals surface area (Å²) in [5.41, 5.74) is 4.24. The number of hydrogen-bond acceptors (Lipinski definition) is 7. The molecule has 2 aliphatic heterocycles. The van der Waals surface area contributed by atoms with Gasteiger partial charge in [0, 0.05) is 28.1 Å². The lowest BCUT2D eigenvalue weighted by Crippen LogP contribution is -2.52. The van der Waals surface area contributed by atoms with Gasteiger partial charge in [0.05, 0.1) is 12.9 Å². The number of amides is 1. The largest absolute Gasteiger partial charge is 0.497 e. The number of thioether (sulfide) groups is 1. The van der Waals surface area contributed by atoms with Crippen molar-refractivity contribution >= 4 is 50.2 Å². The average molecular weight is 473 g/mol. The first-order valence-electron chi connectivity index (χ1n) is 8.75. The van der Waals surface area contributed by atoms with Crippen LogP contribution >= 0.6 is 27.7 Å². The molecule has 2 heterocycles. The van der Waals surface area contributed by atoms with Crippen LogP contribution in [0.15, 0.2) is 70.5 Å². The van der Waals surface area contributed by atoms with E-state index in [1.54, 1.807) is 53.6 Å². The predicted octanol–water partition coefficient (Wildman–Crippen LogP) is 3.39. The third-order valence-corrected chi connectivity index (χ3v) is 5.97. The predicted molar refractivity (Wildman–Crippen MR) is 117 cm³/mol. The van der Waals surface area contributed by atoms with Crippen LogP contribution in [0, 0.1) is 0 Å². The van der Waals surface area contributed by atoms with Crippen molar-refractivity contribution in [2.75, 3.05) is 17.8 Å². The number of fused-ring (bicyclic) bond motifs is 1. The molecule has 9 heteroatoms. The van der Waals surface area contributed by atoms with Crippen molar-refractivity contribution in [3.05, 3.63) is 71.0 Å². The Labute approximate surface area is 180 Å². The Kier molecular flexibility index (Phi) is 5.59. The number of Topliss-reactive ketones (excluding diaryl/α,β-unsaturated/α-hetero) is 1. The van der Waals surface area contributed by atoms with Crippen LogP contribution in [-0.4, -0.2) is 40.8 Å². The number of hydrazone groups is 1. The van der Waals surface area contributed by atoms with E-state index in [4.69, 9.17) is 4.74 Å². The summed E-state index contributed by atoms with van der Waals surface area (Å²) in [6.07, 6.45) is 2.87. The van der Waals surface area contributed by atoms with Crippen LogP contribution in [0.2, 0.25) is 0 Å². The van der Waals surface area contributed by atoms with Gasteiger partial charge in [-0.05, 0) is 48.5 Å². The molecule has 0 aromatic heterocycles. The van der Waals surface area contributed by atoms with Crippen molar-refractivity contribution in [2.24, 2.45) is 5.10 Å². The number of carbonyl (C=O) groups excluding carboxylic acids is 2. The van der Waals surface area contributed by atoms with Gasteiger partial charge in [0.15, 0.2) is 11.0 Å². The highest BCUT2D eigenvalue weighted by Gasteiger charge is 2.38. The van der Waals surface area contributed by atoms with Gasteiger partial charge in [0.1, 0.15) is 5.75 Å². The SMILES string of the molecule is COc1ccc(C(=O)CSC2=NNC3C(=O)N(c4ccc(Br)cc4)C=CN23)cc1. The number of nitrogens with zero attached hydrogens (tertiary/aromatic N) is 3. The Morgan fingerprint density at radius 3 is 2.59 bits per heavy atom. The number of nitrogens with one attached hydrogen (secondary N) is 1. The fourth-order valence-corrected chi connectivity index (χ4v) is 4.05. The van der Waals surface area contributed by atoms with E-state index in [0.717, 1.165) is 10.2 Å². The number of hydrogen-bond donors (Lipinski definition) is 1. The molecule has 1 unspecified atom stereocenters. The minimum Gasteiger partial charge on any atom is -0.497 e. The van der Waals surface area contributed by atoms with Gasteiger partial charge in [-0.15, -0.1) is 0 Å². The Morgan fingerprint density at radius 1 is 1.17 bits per heavy atom. The quantitative estimate of drug-likeness (QED) is 0.672. The maximum atomic E-state index is 12.9. The average Bonchev–Trinajstić information content (AvgIpc) is 3.17. The second-order valence-electron chi connectivity index (χ2n) is 6.26. The van der Waals surface area contributed by atoms with Crippen LogP contribution in [-0.2, 0) is 4.79 Å². The van der Waals surface area contributed by atoms with Gasteiger partial charge in [-0.3, -0.25) is 24.8 Å². The normalized spacial score (nSPS) is 17.7. The van der Waals surface area contributed by atoms with Crippen LogP contribution < -0.4 is 15.1 Å². The fourth-order valence-electron chi connectivity index (χ4n) is 2.93. The van der Waals surface area contributed by atoms with Gasteiger partial charge in [-0.25, -0.2) is 0 Å². The standard InChI is InChI=1S/C20H17BrN4O3S/c1-28-16-8-2-13(3-9-16)17(26)12-29-20-23-22-18-19(27)24(10-11-25(18)20)15-6-4-14(21)5-7-15/h2-11,18,22H,12H2,1H3. The molecule has 4 rings (SSSR count). The molecule has 2 aromatic rings. The van der Waals surface area contributed by atoms with Gasteiger partial charge in [-0.2, -0.15) is 5.10 Å². The molecule has 0 aliphatic carbocycles. The summed E-state index contributed by atoms with van der Waals surface area (Å²) in [7, 11) is 1.58. The van der Waals surface area contributed by atoms with Crippen molar-refractivity contribution in [3.8, 4) is 5.75 Å². The summed E-state index contributed by atoms with van der Waals surface area (Å²) >= 11 is 4.68. The maximum Gasteiger partial charge on any atom is 0.276 e. The molecular weight excluding hydrogens is 456 g/mol. The number of ketones is 1. The molecule has 0 saturated carbocycles. The number of carbonyl (C=O) groups is 2. The van der Waals surface area contributed by atoms with Gasteiger partial charge in [0.2, 0.25) is 6.17 Å². The van der Waals surface area contributed by atoms with E-state index in [1.807, 2.05) is 24.3 Å². The van der Waals surface area contributed by atoms with Crippen molar-refractivity contribution in [2.45, 2.75) is 6.17 Å². The molecular formula is C20H17BrN4O3S. The molecule has 0 saturated heterocycles. The van der Waals surface area contributed by atoms with Crippen LogP contribution in [0.3, 0.4) is 0 Å². The molecule has 7 nitrogen and oxygen atoms in total. The molecule has 2 aliphatic rings. The second kappa shape index (κ2) is 8.30. The molecule has 1 atom stereocenters. The third kappa shape index (κ3) is 4.01. The summed E-state index contributed by atoms with van der Waals surface area (Å²) in [5, 5.41) is 4.82. The van der Waals surface area contributed by atoms with Gasteiger partial charge >= 0.3 is 0 Å². The van der Waals surface area contributed by atoms with Crippen molar-refractivity contribution in [3.63, 3.8) is 0 Å². The first-order valence-corrected chi connectivity index (χ1v) is 10.5. The minimum absolute atomic E-state index is 0.0207. The van der Waals surface area contributed by atoms with E-state index >= 15 is 0 Å². The molecule has 0 bridgehead atoms. The summed E-state index contributed by atoms with van der Waals surface area (Å²) in [4.78, 5) is 28.6. The van der Waals surface area contributed by atoms with Crippen LogP contribution in [0.4, 0.5) is 5.69 Å². The molecule has 0 radical (unpaired) electrons. The van der Waals surface area contributed by atoms with Crippen LogP contribution in [0.1, 0.15) is 10.4 Å². The Bertz CT molecular complexity index is 992. The highest BCUT2D eigenvalue weighted by Crippen LogP contribution is 2.27. The zero-order valence-electron chi connectivity index (χ0n) is 15.4. The Balaban J connectivity index is 1.41. The maximum absolute atomic E-state index is 12.9. The van der Waals surface area contributed by atoms with Crippen molar-refractivity contribution < 1.29 is 14.3 Å². The van der Waals surface area contributed by atoms with E-state index in [2.05, 4.69) is 26.5 Å². The van der Waals surface area contributed by atoms with Crippen LogP contribution in [0.5, 0.6) is 5.75 Å². The van der Waals surface area contributed by atoms with E-state index in [-0.39, 0.29) is 17.4 Å². The van der Waals surface area contributed by atoms with E-state index < -0.39 is 6.17 Å². The lowest BCUT2D eigenvalue weighted by atomic mass is 10.1. The number of halogens is 1. The summed E-state index contributed by atoms with van der Waals surface area (Å²) in [6.45, 7) is 0. The van der Waals surface area contributed by atoms with E-state index in [9.17, 15) is 9.59 Å². The number of rotatable bonds is 5. The molecule has 0 spiro atoms. The zero-order chi connectivity index (χ0) is 20.4. The molecule has 1 N–H and O–H groups in total. The number of benzene rings is 2. The molecule has 1 amide bonds. The molecule has 0 fully saturated rings. The number of ether oxygens (including phenoxy) is 1. The summed E-state index contributed by atoms with van der Waals surface area (Å²) < 4.78 is 6.05. The number of methoxy groups -OCH3 is 1. The zero-order valence-corrected chi connectivity index (χ0v) is 17.8. The van der Waals surface area contributed by atoms with Crippen LogP contribution in [0.25, 0.3) is 0 Å². The van der Waals surface area contributed by atoms with Crippen molar-refractivity contribution in [1.82, 2.24) is 10.3 Å². The summed E-state index contributed by atoms with van der Waals surface area (Å²) in [6, 6.07) is 14.5. The summed E-state index contributed by atoms with van der Waals surface area (Å²) in [5.74, 6) is 0.756. The minimum atomic E-state index is -0.623. The lowest BCUT2D eigenvalue weighted by Gasteiger charge is -2.31. The smallest absolute Gasteiger partial charge is 0.276 e. The van der Waals surface area contributed by atoms with E-state index in [0.29, 0.717) is 16.5 Å². The Hall–Kier alpha value is -2.78. The highest BCUT2D eigenvalue weighted by atomic mass is 79.9. The Morgan fingerprint density at radius 2 is 1.90 bits per heavy atom. The lowest BCUT2D eigenvalue weighted by molar-refractivity contribution is -0.122. The first kappa shape index (κ1) is 19.5. The topological polar surface area (TPSA) is 74.2 Å². The second-order valence-corrected chi connectivity index (χ2v) is 8.11. The van der Waals surface area contributed by atoms with Gasteiger partial charge < -0.3 is 4.74 Å². The highest BCUT2D eigenvalue weighted by molar-refractivity contribution is 9.10. The molecule has 2 aromatic carbocycles.